The van der Waals surface area contributed by atoms with Gasteiger partial charge in [0.05, 0.1) is 0 Å². The zero-order valence-corrected chi connectivity index (χ0v) is 12.8. The van der Waals surface area contributed by atoms with Crippen molar-refractivity contribution in [3.05, 3.63) is 17.6 Å². The summed E-state index contributed by atoms with van der Waals surface area (Å²) < 4.78 is 0. The van der Waals surface area contributed by atoms with Crippen LogP contribution < -0.4 is 5.32 Å². The number of carbonyl (C=O) groups is 1. The normalized spacial score (nSPS) is 12.4. The first-order chi connectivity index (χ1) is 9.38. The molecule has 0 spiro atoms. The predicted molar refractivity (Wildman–Crippen MR) is 80.0 cm³/mol. The average molecular weight is 279 g/mol. The van der Waals surface area contributed by atoms with Gasteiger partial charge in [-0.05, 0) is 25.7 Å². The van der Waals surface area contributed by atoms with Crippen LogP contribution in [0.25, 0.3) is 0 Å². The summed E-state index contributed by atoms with van der Waals surface area (Å²) in [5.74, 6) is 1.69. The molecule has 1 aromatic heterocycles. The molecule has 5 heteroatoms. The Kier molecular flexibility index (Phi) is 6.42. The van der Waals surface area contributed by atoms with Crippen molar-refractivity contribution < 1.29 is 9.90 Å². The van der Waals surface area contributed by atoms with Crippen LogP contribution in [0.4, 0.5) is 5.82 Å². The van der Waals surface area contributed by atoms with Crippen LogP contribution in [0.3, 0.4) is 0 Å². The molecule has 0 saturated heterocycles. The average Bonchev–Trinajstić information content (AvgIpc) is 2.35. The maximum atomic E-state index is 10.5. The number of carboxylic acid groups (broad SMARTS) is 1. The van der Waals surface area contributed by atoms with E-state index in [-0.39, 0.29) is 6.42 Å². The molecule has 2 N–H and O–H groups in total. The Morgan fingerprint density at radius 2 is 2.00 bits per heavy atom. The molecule has 5 nitrogen and oxygen atoms in total. The third kappa shape index (κ3) is 5.99. The minimum atomic E-state index is -0.724. The molecule has 0 aromatic carbocycles. The van der Waals surface area contributed by atoms with Gasteiger partial charge >= 0.3 is 5.97 Å². The first kappa shape index (κ1) is 16.4. The highest BCUT2D eigenvalue weighted by Gasteiger charge is 2.08. The third-order valence-electron chi connectivity index (χ3n) is 3.18. The second-order valence-corrected chi connectivity index (χ2v) is 5.66. The molecule has 0 aliphatic rings. The van der Waals surface area contributed by atoms with Gasteiger partial charge in [0, 0.05) is 30.6 Å². The van der Waals surface area contributed by atoms with Gasteiger partial charge in [0.1, 0.15) is 11.6 Å². The standard InChI is InChI=1S/C15H25N3O2/c1-10(2)15-17-12(4)9-13(18-15)16-8-7-11(3)5-6-14(19)20/h9-11H,5-8H2,1-4H3,(H,19,20)(H,16,17,18). The van der Waals surface area contributed by atoms with E-state index >= 15 is 0 Å². The lowest BCUT2D eigenvalue weighted by Gasteiger charge is -2.13. The van der Waals surface area contributed by atoms with E-state index in [9.17, 15) is 4.79 Å². The van der Waals surface area contributed by atoms with Gasteiger partial charge in [-0.15, -0.1) is 0 Å². The number of nitrogens with one attached hydrogen (secondary N) is 1. The Labute approximate surface area is 120 Å². The first-order valence-electron chi connectivity index (χ1n) is 7.19. The quantitative estimate of drug-likeness (QED) is 0.764. The van der Waals surface area contributed by atoms with Gasteiger partial charge in [0.2, 0.25) is 0 Å². The smallest absolute Gasteiger partial charge is 0.303 e. The lowest BCUT2D eigenvalue weighted by atomic mass is 10.0. The highest BCUT2D eigenvalue weighted by molar-refractivity contribution is 5.66. The zero-order chi connectivity index (χ0) is 15.1. The summed E-state index contributed by atoms with van der Waals surface area (Å²) in [7, 11) is 0. The largest absolute Gasteiger partial charge is 0.481 e. The van der Waals surface area contributed by atoms with Crippen LogP contribution in [0.5, 0.6) is 0 Å². The Balaban J connectivity index is 2.43. The van der Waals surface area contributed by atoms with Crippen LogP contribution >= 0.6 is 0 Å². The molecule has 0 fully saturated rings. The number of aliphatic carboxylic acids is 1. The van der Waals surface area contributed by atoms with Crippen molar-refractivity contribution in [3.63, 3.8) is 0 Å². The summed E-state index contributed by atoms with van der Waals surface area (Å²) >= 11 is 0. The van der Waals surface area contributed by atoms with Crippen molar-refractivity contribution >= 4 is 11.8 Å². The molecule has 0 radical (unpaired) electrons. The Bertz CT molecular complexity index is 447. The summed E-state index contributed by atoms with van der Waals surface area (Å²) in [6.45, 7) is 9.00. The maximum Gasteiger partial charge on any atom is 0.303 e. The van der Waals surface area contributed by atoms with Crippen LogP contribution in [0.2, 0.25) is 0 Å². The lowest BCUT2D eigenvalue weighted by molar-refractivity contribution is -0.137. The van der Waals surface area contributed by atoms with Crippen molar-refractivity contribution in [3.8, 4) is 0 Å². The SMILES string of the molecule is Cc1cc(NCCC(C)CCC(=O)O)nc(C(C)C)n1. The van der Waals surface area contributed by atoms with E-state index in [1.807, 2.05) is 13.0 Å². The maximum absolute atomic E-state index is 10.5. The fourth-order valence-electron chi connectivity index (χ4n) is 1.90. The monoisotopic (exact) mass is 279 g/mol. The Morgan fingerprint density at radius 3 is 2.60 bits per heavy atom. The highest BCUT2D eigenvalue weighted by Crippen LogP contribution is 2.15. The molecule has 112 valence electrons. The summed E-state index contributed by atoms with van der Waals surface area (Å²) in [6, 6.07) is 1.94. The number of hydrogen-bond donors (Lipinski definition) is 2. The van der Waals surface area contributed by atoms with Gasteiger partial charge in [-0.2, -0.15) is 0 Å². The first-order valence-corrected chi connectivity index (χ1v) is 7.19. The molecular formula is C15H25N3O2. The van der Waals surface area contributed by atoms with Gasteiger partial charge in [0.15, 0.2) is 0 Å². The van der Waals surface area contributed by atoms with Crippen LogP contribution in [0.15, 0.2) is 6.07 Å². The summed E-state index contributed by atoms with van der Waals surface area (Å²) in [5, 5.41) is 11.9. The molecule has 0 aliphatic carbocycles. The predicted octanol–water partition coefficient (Wildman–Crippen LogP) is 3.21. The number of aromatic nitrogens is 2. The van der Waals surface area contributed by atoms with E-state index in [1.54, 1.807) is 0 Å². The van der Waals surface area contributed by atoms with Crippen molar-refractivity contribution in [2.45, 2.75) is 52.9 Å². The van der Waals surface area contributed by atoms with E-state index < -0.39 is 5.97 Å². The topological polar surface area (TPSA) is 75.1 Å². The van der Waals surface area contributed by atoms with Crippen LogP contribution in [-0.2, 0) is 4.79 Å². The summed E-state index contributed by atoms with van der Waals surface area (Å²) in [6.07, 6.45) is 1.90. The molecule has 1 unspecified atom stereocenters. The van der Waals surface area contributed by atoms with Gasteiger partial charge < -0.3 is 10.4 Å². The molecule has 0 saturated carbocycles. The summed E-state index contributed by atoms with van der Waals surface area (Å²) in [4.78, 5) is 19.4. The van der Waals surface area contributed by atoms with Gasteiger partial charge in [0.25, 0.3) is 0 Å². The molecule has 0 aliphatic heterocycles. The molecule has 0 bridgehead atoms. The van der Waals surface area contributed by atoms with E-state index in [4.69, 9.17) is 5.11 Å². The van der Waals surface area contributed by atoms with E-state index in [1.165, 1.54) is 0 Å². The number of nitrogens with zero attached hydrogens (tertiary/aromatic N) is 2. The second kappa shape index (κ2) is 7.82. The fraction of sp³-hybridized carbons (Fsp3) is 0.667. The Hall–Kier alpha value is -1.65. The number of aryl methyl sites for hydroxylation is 1. The minimum absolute atomic E-state index is 0.241. The molecule has 1 rings (SSSR count). The van der Waals surface area contributed by atoms with Crippen LogP contribution in [-0.4, -0.2) is 27.6 Å². The van der Waals surface area contributed by atoms with Crippen molar-refractivity contribution in [2.75, 3.05) is 11.9 Å². The van der Waals surface area contributed by atoms with Crippen molar-refractivity contribution in [1.29, 1.82) is 0 Å². The second-order valence-electron chi connectivity index (χ2n) is 5.66. The number of hydrogen-bond acceptors (Lipinski definition) is 4. The van der Waals surface area contributed by atoms with Crippen molar-refractivity contribution in [2.24, 2.45) is 5.92 Å². The number of anilines is 1. The number of carboxylic acids is 1. The lowest BCUT2D eigenvalue weighted by Crippen LogP contribution is -2.11. The van der Waals surface area contributed by atoms with Gasteiger partial charge in [-0.1, -0.05) is 20.8 Å². The zero-order valence-electron chi connectivity index (χ0n) is 12.8. The molecular weight excluding hydrogens is 254 g/mol. The third-order valence-corrected chi connectivity index (χ3v) is 3.18. The number of rotatable bonds is 8. The molecule has 1 atom stereocenters. The van der Waals surface area contributed by atoms with E-state index in [0.29, 0.717) is 11.8 Å². The van der Waals surface area contributed by atoms with Crippen LogP contribution in [0, 0.1) is 12.8 Å². The summed E-state index contributed by atoms with van der Waals surface area (Å²) in [5.41, 5.74) is 0.963. The Morgan fingerprint density at radius 1 is 1.30 bits per heavy atom. The van der Waals surface area contributed by atoms with Crippen LogP contribution in [0.1, 0.15) is 57.5 Å². The fourth-order valence-corrected chi connectivity index (χ4v) is 1.90. The van der Waals surface area contributed by atoms with E-state index in [0.717, 1.165) is 36.7 Å². The molecule has 1 aromatic rings. The van der Waals surface area contributed by atoms with E-state index in [2.05, 4.69) is 36.1 Å². The minimum Gasteiger partial charge on any atom is -0.481 e. The van der Waals surface area contributed by atoms with Crippen molar-refractivity contribution in [1.82, 2.24) is 9.97 Å². The molecule has 1 heterocycles. The van der Waals surface area contributed by atoms with Gasteiger partial charge in [-0.25, -0.2) is 9.97 Å². The van der Waals surface area contributed by atoms with Gasteiger partial charge in [-0.3, -0.25) is 4.79 Å². The highest BCUT2D eigenvalue weighted by atomic mass is 16.4. The molecule has 0 amide bonds. The molecule has 20 heavy (non-hydrogen) atoms.